The zero-order chi connectivity index (χ0) is 16.8. The van der Waals surface area contributed by atoms with Crippen molar-refractivity contribution in [3.63, 3.8) is 0 Å². The van der Waals surface area contributed by atoms with Gasteiger partial charge in [-0.2, -0.15) is 4.98 Å². The molecule has 0 saturated carbocycles. The first-order valence-corrected chi connectivity index (χ1v) is 8.62. The maximum atomic E-state index is 4.48. The molecule has 6 heteroatoms. The maximum Gasteiger partial charge on any atom is 0.224 e. The second kappa shape index (κ2) is 7.97. The third-order valence-electron chi connectivity index (χ3n) is 4.20. The third kappa shape index (κ3) is 4.35. The van der Waals surface area contributed by atoms with E-state index in [4.69, 9.17) is 0 Å². The highest BCUT2D eigenvalue weighted by Gasteiger charge is 2.13. The Balaban J connectivity index is 1.62. The summed E-state index contributed by atoms with van der Waals surface area (Å²) in [5, 5.41) is 6.54. The number of rotatable bonds is 6. The number of hydrogen-bond donors (Lipinski definition) is 2. The molecule has 1 aliphatic rings. The van der Waals surface area contributed by atoms with Gasteiger partial charge in [0.05, 0.1) is 0 Å². The number of likely N-dealkylation sites (N-methyl/N-ethyl adjacent to an activating group) is 1. The van der Waals surface area contributed by atoms with E-state index in [2.05, 4.69) is 68.6 Å². The average Bonchev–Trinajstić information content (AvgIpc) is 2.62. The molecule has 2 heterocycles. The van der Waals surface area contributed by atoms with Gasteiger partial charge in [0.25, 0.3) is 0 Å². The molecule has 0 unspecified atom stereocenters. The van der Waals surface area contributed by atoms with Gasteiger partial charge in [0.15, 0.2) is 0 Å². The van der Waals surface area contributed by atoms with Crippen molar-refractivity contribution in [2.45, 2.75) is 13.3 Å². The molecule has 0 radical (unpaired) electrons. The zero-order valence-corrected chi connectivity index (χ0v) is 14.5. The minimum atomic E-state index is 0.663. The lowest BCUT2D eigenvalue weighted by atomic mass is 10.2. The molecule has 0 bridgehead atoms. The molecule has 0 aliphatic carbocycles. The van der Waals surface area contributed by atoms with Gasteiger partial charge in [-0.05, 0) is 43.8 Å². The monoisotopic (exact) mass is 326 g/mol. The van der Waals surface area contributed by atoms with E-state index < -0.39 is 0 Å². The largest absolute Gasteiger partial charge is 0.369 e. The fraction of sp³-hybridized carbons (Fsp3) is 0.444. The van der Waals surface area contributed by atoms with Crippen LogP contribution in [0.1, 0.15) is 13.3 Å². The summed E-state index contributed by atoms with van der Waals surface area (Å²) in [6.45, 7) is 7.41. The summed E-state index contributed by atoms with van der Waals surface area (Å²) in [6, 6.07) is 10.4. The van der Waals surface area contributed by atoms with E-state index in [1.54, 1.807) is 6.20 Å². The van der Waals surface area contributed by atoms with Crippen molar-refractivity contribution < 1.29 is 0 Å². The van der Waals surface area contributed by atoms with Crippen LogP contribution in [-0.2, 0) is 0 Å². The highest BCUT2D eigenvalue weighted by molar-refractivity contribution is 5.61. The van der Waals surface area contributed by atoms with Crippen molar-refractivity contribution in [3.05, 3.63) is 36.5 Å². The van der Waals surface area contributed by atoms with Gasteiger partial charge < -0.3 is 20.4 Å². The number of aromatic nitrogens is 2. The van der Waals surface area contributed by atoms with E-state index in [0.29, 0.717) is 5.95 Å². The van der Waals surface area contributed by atoms with Crippen LogP contribution in [0, 0.1) is 0 Å². The van der Waals surface area contributed by atoms with E-state index in [1.165, 1.54) is 5.69 Å². The number of piperazine rings is 1. The van der Waals surface area contributed by atoms with Gasteiger partial charge in [0, 0.05) is 50.3 Å². The Morgan fingerprint density at radius 1 is 1.04 bits per heavy atom. The summed E-state index contributed by atoms with van der Waals surface area (Å²) in [5.74, 6) is 1.46. The van der Waals surface area contributed by atoms with Crippen molar-refractivity contribution in [1.29, 1.82) is 0 Å². The van der Waals surface area contributed by atoms with Gasteiger partial charge in [-0.15, -0.1) is 0 Å². The summed E-state index contributed by atoms with van der Waals surface area (Å²) in [5.41, 5.74) is 2.31. The molecule has 0 amide bonds. The van der Waals surface area contributed by atoms with Crippen LogP contribution in [0.3, 0.4) is 0 Å². The van der Waals surface area contributed by atoms with E-state index in [9.17, 15) is 0 Å². The zero-order valence-electron chi connectivity index (χ0n) is 14.5. The highest BCUT2D eigenvalue weighted by Crippen LogP contribution is 2.21. The molecule has 1 aliphatic heterocycles. The van der Waals surface area contributed by atoms with Crippen LogP contribution in [0.25, 0.3) is 0 Å². The van der Waals surface area contributed by atoms with Crippen molar-refractivity contribution >= 4 is 23.1 Å². The van der Waals surface area contributed by atoms with E-state index in [-0.39, 0.29) is 0 Å². The van der Waals surface area contributed by atoms with Crippen molar-refractivity contribution in [3.8, 4) is 0 Å². The molecule has 2 N–H and O–H groups in total. The number of anilines is 4. The summed E-state index contributed by atoms with van der Waals surface area (Å²) >= 11 is 0. The SMILES string of the molecule is CCCNc1nccc(Nc2ccc(N3CCN(C)CC3)cc2)n1. The molecule has 0 spiro atoms. The van der Waals surface area contributed by atoms with Crippen LogP contribution in [0.5, 0.6) is 0 Å². The van der Waals surface area contributed by atoms with Gasteiger partial charge in [0.1, 0.15) is 5.82 Å². The fourth-order valence-corrected chi connectivity index (χ4v) is 2.72. The van der Waals surface area contributed by atoms with Crippen molar-refractivity contribution in [2.24, 2.45) is 0 Å². The molecular formula is C18H26N6. The van der Waals surface area contributed by atoms with Crippen molar-refractivity contribution in [1.82, 2.24) is 14.9 Å². The number of hydrogen-bond acceptors (Lipinski definition) is 6. The number of benzene rings is 1. The Labute approximate surface area is 143 Å². The van der Waals surface area contributed by atoms with E-state index in [0.717, 1.165) is 50.6 Å². The molecule has 24 heavy (non-hydrogen) atoms. The average molecular weight is 326 g/mol. The summed E-state index contributed by atoms with van der Waals surface area (Å²) < 4.78 is 0. The lowest BCUT2D eigenvalue weighted by Gasteiger charge is -2.34. The molecule has 1 fully saturated rings. The fourth-order valence-electron chi connectivity index (χ4n) is 2.72. The smallest absolute Gasteiger partial charge is 0.224 e. The lowest BCUT2D eigenvalue weighted by molar-refractivity contribution is 0.313. The van der Waals surface area contributed by atoms with Gasteiger partial charge in [-0.25, -0.2) is 4.98 Å². The molecule has 3 rings (SSSR count). The Hall–Kier alpha value is -2.34. The second-order valence-electron chi connectivity index (χ2n) is 6.15. The summed E-state index contributed by atoms with van der Waals surface area (Å²) in [6.07, 6.45) is 2.82. The second-order valence-corrected chi connectivity index (χ2v) is 6.15. The topological polar surface area (TPSA) is 56.3 Å². The van der Waals surface area contributed by atoms with E-state index >= 15 is 0 Å². The van der Waals surface area contributed by atoms with Crippen LogP contribution < -0.4 is 15.5 Å². The highest BCUT2D eigenvalue weighted by atomic mass is 15.2. The molecule has 128 valence electrons. The van der Waals surface area contributed by atoms with Crippen LogP contribution in [-0.4, -0.2) is 54.6 Å². The Morgan fingerprint density at radius 2 is 1.79 bits per heavy atom. The predicted octanol–water partition coefficient (Wildman–Crippen LogP) is 2.79. The molecule has 1 aromatic carbocycles. The van der Waals surface area contributed by atoms with Crippen LogP contribution >= 0.6 is 0 Å². The predicted molar refractivity (Wildman–Crippen MR) is 100 cm³/mol. The quantitative estimate of drug-likeness (QED) is 0.851. The van der Waals surface area contributed by atoms with Crippen LogP contribution in [0.4, 0.5) is 23.1 Å². The third-order valence-corrected chi connectivity index (χ3v) is 4.20. The lowest BCUT2D eigenvalue weighted by Crippen LogP contribution is -2.44. The standard InChI is InChI=1S/C18H26N6/c1-3-9-19-18-20-10-8-17(22-18)21-15-4-6-16(7-5-15)24-13-11-23(2)12-14-24/h4-8,10H,3,9,11-14H2,1-2H3,(H2,19,20,21,22). The van der Waals surface area contributed by atoms with Gasteiger partial charge in [-0.3, -0.25) is 0 Å². The van der Waals surface area contributed by atoms with Crippen LogP contribution in [0.15, 0.2) is 36.5 Å². The molecule has 1 saturated heterocycles. The van der Waals surface area contributed by atoms with Gasteiger partial charge in [0.2, 0.25) is 5.95 Å². The minimum Gasteiger partial charge on any atom is -0.369 e. The number of nitrogens with one attached hydrogen (secondary N) is 2. The molecule has 0 atom stereocenters. The van der Waals surface area contributed by atoms with Crippen molar-refractivity contribution in [2.75, 3.05) is 55.3 Å². The summed E-state index contributed by atoms with van der Waals surface area (Å²) in [7, 11) is 2.18. The Bertz CT molecular complexity index is 634. The number of nitrogens with zero attached hydrogens (tertiary/aromatic N) is 4. The summed E-state index contributed by atoms with van der Waals surface area (Å²) in [4.78, 5) is 13.5. The van der Waals surface area contributed by atoms with E-state index in [1.807, 2.05) is 6.07 Å². The molecular weight excluding hydrogens is 300 g/mol. The Kier molecular flexibility index (Phi) is 5.48. The molecule has 6 nitrogen and oxygen atoms in total. The first-order valence-electron chi connectivity index (χ1n) is 8.62. The normalized spacial score (nSPS) is 15.3. The van der Waals surface area contributed by atoms with Gasteiger partial charge in [-0.1, -0.05) is 6.92 Å². The Morgan fingerprint density at radius 3 is 2.50 bits per heavy atom. The molecule has 2 aromatic rings. The maximum absolute atomic E-state index is 4.48. The minimum absolute atomic E-state index is 0.663. The van der Waals surface area contributed by atoms with Gasteiger partial charge >= 0.3 is 0 Å². The molecule has 1 aromatic heterocycles. The first-order chi connectivity index (χ1) is 11.7. The first kappa shape index (κ1) is 16.5. The van der Waals surface area contributed by atoms with Crippen LogP contribution in [0.2, 0.25) is 0 Å².